The molecule has 0 aromatic carbocycles. The molecule has 1 aliphatic rings. The van der Waals surface area contributed by atoms with Gasteiger partial charge in [0.25, 0.3) is 0 Å². The highest BCUT2D eigenvalue weighted by Crippen LogP contribution is 2.29. The van der Waals surface area contributed by atoms with Gasteiger partial charge in [0.15, 0.2) is 14.9 Å². The smallest absolute Gasteiger partial charge is 0.336 e. The van der Waals surface area contributed by atoms with Gasteiger partial charge in [0.05, 0.1) is 11.9 Å². The first-order chi connectivity index (χ1) is 12.5. The second kappa shape index (κ2) is 7.79. The highest BCUT2D eigenvalue weighted by atomic mass is 32.2. The van der Waals surface area contributed by atoms with E-state index in [-0.39, 0.29) is 17.6 Å². The molecule has 0 unspecified atom stereocenters. The predicted molar refractivity (Wildman–Crippen MR) is 96.4 cm³/mol. The Hall–Kier alpha value is -2.53. The summed E-state index contributed by atoms with van der Waals surface area (Å²) in [6.45, 7) is 0.286. The standard InChI is InChI=1S/C18H20N4O3S/c1-3-4-10-25-18-21-16(12-19-22-18)15-11-13-8-6-5-7-9-14(13)17(20-15)26(2,23)24/h1,11-12H,4-10H2,2H3. The van der Waals surface area contributed by atoms with Crippen LogP contribution in [0.3, 0.4) is 0 Å². The normalized spacial score (nSPS) is 14.2. The van der Waals surface area contributed by atoms with Crippen molar-refractivity contribution in [3.05, 3.63) is 23.4 Å². The lowest BCUT2D eigenvalue weighted by atomic mass is 10.0. The third kappa shape index (κ3) is 4.17. The fraction of sp³-hybridized carbons (Fsp3) is 0.444. The first-order valence-electron chi connectivity index (χ1n) is 8.48. The molecule has 7 nitrogen and oxygen atoms in total. The molecule has 0 saturated heterocycles. The maximum absolute atomic E-state index is 12.3. The Balaban J connectivity index is 2.04. The number of terminal acetylenes is 1. The monoisotopic (exact) mass is 372 g/mol. The maximum Gasteiger partial charge on any atom is 0.336 e. The minimum absolute atomic E-state index is 0.0930. The average Bonchev–Trinajstić information content (AvgIpc) is 2.86. The molecule has 0 amide bonds. The third-order valence-corrected chi connectivity index (χ3v) is 5.22. The van der Waals surface area contributed by atoms with E-state index in [0.29, 0.717) is 17.8 Å². The van der Waals surface area contributed by atoms with Gasteiger partial charge in [-0.05, 0) is 42.9 Å². The summed E-state index contributed by atoms with van der Waals surface area (Å²) in [6, 6.07) is 2.00. The van der Waals surface area contributed by atoms with Crippen LogP contribution in [0, 0.1) is 12.3 Å². The summed E-state index contributed by atoms with van der Waals surface area (Å²) < 4.78 is 29.9. The lowest BCUT2D eigenvalue weighted by Gasteiger charge is -2.13. The Morgan fingerprint density at radius 1 is 1.19 bits per heavy atom. The van der Waals surface area contributed by atoms with Crippen LogP contribution in [0.5, 0.6) is 6.01 Å². The number of nitrogens with zero attached hydrogens (tertiary/aromatic N) is 4. The summed E-state index contributed by atoms with van der Waals surface area (Å²) in [5.41, 5.74) is 2.73. The van der Waals surface area contributed by atoms with Gasteiger partial charge in [0.1, 0.15) is 12.3 Å². The Bertz CT molecular complexity index is 951. The van der Waals surface area contributed by atoms with E-state index < -0.39 is 9.84 Å². The van der Waals surface area contributed by atoms with Crippen LogP contribution in [0.25, 0.3) is 11.4 Å². The zero-order valence-corrected chi connectivity index (χ0v) is 15.4. The second-order valence-electron chi connectivity index (χ2n) is 6.21. The van der Waals surface area contributed by atoms with Crippen LogP contribution in [0.4, 0.5) is 0 Å². The van der Waals surface area contributed by atoms with Crippen LogP contribution >= 0.6 is 0 Å². The molecule has 0 atom stereocenters. The fourth-order valence-electron chi connectivity index (χ4n) is 2.99. The quantitative estimate of drug-likeness (QED) is 0.450. The van der Waals surface area contributed by atoms with Crippen LogP contribution in [-0.4, -0.2) is 41.4 Å². The molecule has 0 fully saturated rings. The van der Waals surface area contributed by atoms with Crippen LogP contribution < -0.4 is 4.74 Å². The van der Waals surface area contributed by atoms with Crippen molar-refractivity contribution in [2.75, 3.05) is 12.9 Å². The van der Waals surface area contributed by atoms with Crippen LogP contribution in [-0.2, 0) is 22.7 Å². The minimum atomic E-state index is -3.45. The van der Waals surface area contributed by atoms with Gasteiger partial charge in [0.2, 0.25) is 0 Å². The van der Waals surface area contributed by atoms with Crippen molar-refractivity contribution < 1.29 is 13.2 Å². The topological polar surface area (TPSA) is 94.9 Å². The van der Waals surface area contributed by atoms with Gasteiger partial charge < -0.3 is 4.74 Å². The van der Waals surface area contributed by atoms with Crippen LogP contribution in [0.1, 0.15) is 36.8 Å². The third-order valence-electron chi connectivity index (χ3n) is 4.18. The van der Waals surface area contributed by atoms with Gasteiger partial charge in [-0.1, -0.05) is 11.5 Å². The Morgan fingerprint density at radius 2 is 2.00 bits per heavy atom. The lowest BCUT2D eigenvalue weighted by Crippen LogP contribution is -2.10. The number of pyridine rings is 1. The summed E-state index contributed by atoms with van der Waals surface area (Å²) in [5, 5.41) is 7.84. The summed E-state index contributed by atoms with van der Waals surface area (Å²) in [6.07, 6.45) is 12.9. The molecule has 0 radical (unpaired) electrons. The largest absolute Gasteiger partial charge is 0.461 e. The molecule has 0 saturated carbocycles. The molecule has 136 valence electrons. The van der Waals surface area contributed by atoms with E-state index in [1.54, 1.807) is 0 Å². The van der Waals surface area contributed by atoms with Crippen molar-refractivity contribution in [2.45, 2.75) is 43.6 Å². The van der Waals surface area contributed by atoms with E-state index >= 15 is 0 Å². The van der Waals surface area contributed by atoms with Crippen molar-refractivity contribution in [2.24, 2.45) is 0 Å². The zero-order chi connectivity index (χ0) is 18.6. The van der Waals surface area contributed by atoms with Crippen LogP contribution in [0.2, 0.25) is 0 Å². The van der Waals surface area contributed by atoms with Gasteiger partial charge in [-0.25, -0.2) is 13.4 Å². The lowest BCUT2D eigenvalue weighted by molar-refractivity contribution is 0.297. The molecule has 0 spiro atoms. The summed E-state index contributed by atoms with van der Waals surface area (Å²) in [5.74, 6) is 2.47. The van der Waals surface area contributed by atoms with E-state index in [2.05, 4.69) is 26.1 Å². The molecule has 26 heavy (non-hydrogen) atoms. The van der Waals surface area contributed by atoms with E-state index in [9.17, 15) is 8.42 Å². The van der Waals surface area contributed by atoms with Crippen molar-refractivity contribution in [1.82, 2.24) is 20.2 Å². The number of aromatic nitrogens is 4. The van der Waals surface area contributed by atoms with Crippen molar-refractivity contribution in [1.29, 1.82) is 0 Å². The first-order valence-corrected chi connectivity index (χ1v) is 10.4. The molecule has 2 aromatic heterocycles. The SMILES string of the molecule is C#CCCOc1nncc(-c2cc3c(c(S(C)(=O)=O)n2)CCCCC3)n1. The molecule has 0 bridgehead atoms. The zero-order valence-electron chi connectivity index (χ0n) is 14.6. The highest BCUT2D eigenvalue weighted by molar-refractivity contribution is 7.90. The summed E-state index contributed by atoms with van der Waals surface area (Å²) >= 11 is 0. The number of fused-ring (bicyclic) bond motifs is 1. The highest BCUT2D eigenvalue weighted by Gasteiger charge is 2.22. The Labute approximate surface area is 153 Å². The molecule has 1 aliphatic carbocycles. The van der Waals surface area contributed by atoms with Crippen LogP contribution in [0.15, 0.2) is 17.3 Å². The first kappa shape index (κ1) is 18.3. The fourth-order valence-corrected chi connectivity index (χ4v) is 3.94. The van der Waals surface area contributed by atoms with E-state index in [0.717, 1.165) is 43.2 Å². The van der Waals surface area contributed by atoms with Gasteiger partial charge in [0, 0.05) is 12.7 Å². The molecule has 0 N–H and O–H groups in total. The number of rotatable bonds is 5. The molecule has 0 aliphatic heterocycles. The molecule has 8 heteroatoms. The maximum atomic E-state index is 12.3. The van der Waals surface area contributed by atoms with E-state index in [4.69, 9.17) is 11.2 Å². The molecule has 2 aromatic rings. The number of hydrogen-bond donors (Lipinski definition) is 0. The van der Waals surface area contributed by atoms with Crippen molar-refractivity contribution >= 4 is 9.84 Å². The molecular formula is C18H20N4O3S. The number of aryl methyl sites for hydroxylation is 1. The summed E-state index contributed by atoms with van der Waals surface area (Å²) in [4.78, 5) is 8.69. The Kier molecular flexibility index (Phi) is 5.47. The predicted octanol–water partition coefficient (Wildman–Crippen LogP) is 2.01. The minimum Gasteiger partial charge on any atom is -0.461 e. The molecular weight excluding hydrogens is 352 g/mol. The number of hydrogen-bond acceptors (Lipinski definition) is 7. The van der Waals surface area contributed by atoms with Crippen molar-refractivity contribution in [3.8, 4) is 29.7 Å². The second-order valence-corrected chi connectivity index (χ2v) is 8.14. The Morgan fingerprint density at radius 3 is 2.77 bits per heavy atom. The van der Waals surface area contributed by atoms with Gasteiger partial charge in [-0.2, -0.15) is 10.1 Å². The van der Waals surface area contributed by atoms with Gasteiger partial charge in [-0.15, -0.1) is 12.3 Å². The van der Waals surface area contributed by atoms with E-state index in [1.807, 2.05) is 6.07 Å². The van der Waals surface area contributed by atoms with E-state index in [1.165, 1.54) is 12.5 Å². The van der Waals surface area contributed by atoms with Crippen molar-refractivity contribution in [3.63, 3.8) is 0 Å². The van der Waals surface area contributed by atoms with Gasteiger partial charge >= 0.3 is 6.01 Å². The van der Waals surface area contributed by atoms with Gasteiger partial charge in [-0.3, -0.25) is 0 Å². The average molecular weight is 372 g/mol. The summed E-state index contributed by atoms with van der Waals surface area (Å²) in [7, 11) is -3.45. The molecule has 3 rings (SSSR count). The number of ether oxygens (including phenoxy) is 1. The molecule has 2 heterocycles. The number of sulfone groups is 1.